The van der Waals surface area contributed by atoms with Crippen molar-refractivity contribution in [2.75, 3.05) is 44.2 Å². The van der Waals surface area contributed by atoms with Gasteiger partial charge in [-0.15, -0.1) is 0 Å². The Kier molecular flexibility index (Phi) is 6.33. The van der Waals surface area contributed by atoms with E-state index in [1.165, 1.54) is 0 Å². The maximum Gasteiger partial charge on any atom is 0.234 e. The number of nitrogens with zero attached hydrogens (tertiary/aromatic N) is 2. The number of unbranched alkanes of at least 4 members (excludes halogenated alkanes) is 1. The highest BCUT2D eigenvalue weighted by atomic mass is 35.5. The summed E-state index contributed by atoms with van der Waals surface area (Å²) in [7, 11) is 0. The summed E-state index contributed by atoms with van der Waals surface area (Å²) >= 11 is 6.03. The normalized spacial score (nSPS) is 16.0. The molecule has 1 aromatic rings. The van der Waals surface area contributed by atoms with E-state index in [4.69, 9.17) is 11.6 Å². The molecule has 1 aliphatic heterocycles. The smallest absolute Gasteiger partial charge is 0.234 e. The fourth-order valence-electron chi connectivity index (χ4n) is 2.50. The first-order valence-electron chi connectivity index (χ1n) is 7.68. The predicted octanol–water partition coefficient (Wildman–Crippen LogP) is 2.38. The number of amides is 1. The third-order valence-electron chi connectivity index (χ3n) is 3.77. The van der Waals surface area contributed by atoms with Gasteiger partial charge in [-0.3, -0.25) is 9.69 Å². The SMILES string of the molecule is CCCCNC(=O)CN1CCN(c2cccc(Cl)c2)CC1. The minimum Gasteiger partial charge on any atom is -0.369 e. The Labute approximate surface area is 132 Å². The quantitative estimate of drug-likeness (QED) is 0.820. The first-order valence-corrected chi connectivity index (χ1v) is 8.06. The maximum atomic E-state index is 11.8. The number of benzene rings is 1. The second-order valence-electron chi connectivity index (χ2n) is 5.45. The number of piperazine rings is 1. The highest BCUT2D eigenvalue weighted by Gasteiger charge is 2.19. The molecule has 2 rings (SSSR count). The lowest BCUT2D eigenvalue weighted by Gasteiger charge is -2.35. The molecule has 0 bridgehead atoms. The summed E-state index contributed by atoms with van der Waals surface area (Å²) in [6, 6.07) is 7.95. The molecule has 0 spiro atoms. The Morgan fingerprint density at radius 3 is 2.71 bits per heavy atom. The van der Waals surface area contributed by atoms with Crippen LogP contribution in [0.1, 0.15) is 19.8 Å². The van der Waals surface area contributed by atoms with Crippen molar-refractivity contribution >= 4 is 23.2 Å². The minimum absolute atomic E-state index is 0.139. The first-order chi connectivity index (χ1) is 10.2. The molecule has 1 N–H and O–H groups in total. The summed E-state index contributed by atoms with van der Waals surface area (Å²) in [6.07, 6.45) is 2.16. The second-order valence-corrected chi connectivity index (χ2v) is 5.88. The van der Waals surface area contributed by atoms with E-state index in [-0.39, 0.29) is 5.91 Å². The molecule has 1 amide bonds. The van der Waals surface area contributed by atoms with Crippen LogP contribution in [0.5, 0.6) is 0 Å². The van der Waals surface area contributed by atoms with E-state index >= 15 is 0 Å². The molecule has 0 unspecified atom stereocenters. The van der Waals surface area contributed by atoms with Crippen LogP contribution >= 0.6 is 11.6 Å². The summed E-state index contributed by atoms with van der Waals surface area (Å²) in [4.78, 5) is 16.3. The number of anilines is 1. The van der Waals surface area contributed by atoms with E-state index in [1.54, 1.807) is 0 Å². The minimum atomic E-state index is 0.139. The largest absolute Gasteiger partial charge is 0.369 e. The molecule has 0 radical (unpaired) electrons. The Bertz CT molecular complexity index is 459. The topological polar surface area (TPSA) is 35.6 Å². The highest BCUT2D eigenvalue weighted by Crippen LogP contribution is 2.20. The van der Waals surface area contributed by atoms with Gasteiger partial charge in [0.25, 0.3) is 0 Å². The van der Waals surface area contributed by atoms with Gasteiger partial charge >= 0.3 is 0 Å². The van der Waals surface area contributed by atoms with Crippen LogP contribution in [-0.2, 0) is 4.79 Å². The number of hydrogen-bond acceptors (Lipinski definition) is 3. The third-order valence-corrected chi connectivity index (χ3v) is 4.00. The van der Waals surface area contributed by atoms with E-state index in [0.717, 1.165) is 56.3 Å². The van der Waals surface area contributed by atoms with Crippen LogP contribution in [0.15, 0.2) is 24.3 Å². The molecule has 4 nitrogen and oxygen atoms in total. The van der Waals surface area contributed by atoms with Gasteiger partial charge in [-0.25, -0.2) is 0 Å². The van der Waals surface area contributed by atoms with Crippen molar-refractivity contribution in [1.29, 1.82) is 0 Å². The molecule has 1 aromatic carbocycles. The number of carbonyl (C=O) groups excluding carboxylic acids is 1. The van der Waals surface area contributed by atoms with E-state index in [0.29, 0.717) is 6.54 Å². The lowest BCUT2D eigenvalue weighted by atomic mass is 10.2. The summed E-state index contributed by atoms with van der Waals surface area (Å²) in [5, 5.41) is 3.74. The number of halogens is 1. The zero-order valence-corrected chi connectivity index (χ0v) is 13.4. The number of carbonyl (C=O) groups is 1. The van der Waals surface area contributed by atoms with Gasteiger partial charge < -0.3 is 10.2 Å². The van der Waals surface area contributed by atoms with Gasteiger partial charge in [0.1, 0.15) is 0 Å². The molecule has 0 atom stereocenters. The van der Waals surface area contributed by atoms with Crippen molar-refractivity contribution < 1.29 is 4.79 Å². The number of nitrogens with one attached hydrogen (secondary N) is 1. The van der Waals surface area contributed by atoms with Gasteiger partial charge in [-0.1, -0.05) is 31.0 Å². The van der Waals surface area contributed by atoms with Crippen LogP contribution in [0.3, 0.4) is 0 Å². The standard InChI is InChI=1S/C16H24ClN3O/c1-2-3-7-18-16(21)13-19-8-10-20(11-9-19)15-6-4-5-14(17)12-15/h4-6,12H,2-3,7-11,13H2,1H3,(H,18,21). The number of hydrogen-bond donors (Lipinski definition) is 1. The first kappa shape index (κ1) is 16.1. The molecule has 5 heteroatoms. The van der Waals surface area contributed by atoms with Crippen molar-refractivity contribution in [3.05, 3.63) is 29.3 Å². The summed E-state index contributed by atoms with van der Waals surface area (Å²) in [5.41, 5.74) is 1.16. The average Bonchev–Trinajstić information content (AvgIpc) is 2.48. The Hall–Kier alpha value is -1.26. The third kappa shape index (κ3) is 5.21. The van der Waals surface area contributed by atoms with Crippen molar-refractivity contribution in [3.8, 4) is 0 Å². The van der Waals surface area contributed by atoms with Crippen LogP contribution in [0, 0.1) is 0 Å². The van der Waals surface area contributed by atoms with E-state index in [2.05, 4.69) is 28.1 Å². The molecule has 1 aliphatic rings. The van der Waals surface area contributed by atoms with Crippen LogP contribution in [0.4, 0.5) is 5.69 Å². The lowest BCUT2D eigenvalue weighted by Crippen LogP contribution is -2.49. The van der Waals surface area contributed by atoms with E-state index < -0.39 is 0 Å². The summed E-state index contributed by atoms with van der Waals surface area (Å²) < 4.78 is 0. The van der Waals surface area contributed by atoms with Gasteiger partial charge in [-0.05, 0) is 24.6 Å². The molecule has 21 heavy (non-hydrogen) atoms. The average molecular weight is 310 g/mol. The molecular formula is C16H24ClN3O. The predicted molar refractivity (Wildman–Crippen MR) is 88.0 cm³/mol. The van der Waals surface area contributed by atoms with Gasteiger partial charge in [0.2, 0.25) is 5.91 Å². The monoisotopic (exact) mass is 309 g/mol. The maximum absolute atomic E-state index is 11.8. The molecule has 1 fully saturated rings. The summed E-state index contributed by atoms with van der Waals surface area (Å²) in [5.74, 6) is 0.139. The van der Waals surface area contributed by atoms with Crippen LogP contribution in [-0.4, -0.2) is 50.1 Å². The van der Waals surface area contributed by atoms with E-state index in [1.807, 2.05) is 18.2 Å². The molecular weight excluding hydrogens is 286 g/mol. The highest BCUT2D eigenvalue weighted by molar-refractivity contribution is 6.30. The Morgan fingerprint density at radius 2 is 2.05 bits per heavy atom. The molecule has 1 heterocycles. The van der Waals surface area contributed by atoms with Gasteiger partial charge in [-0.2, -0.15) is 0 Å². The zero-order chi connectivity index (χ0) is 15.1. The van der Waals surface area contributed by atoms with Crippen LogP contribution in [0.2, 0.25) is 5.02 Å². The van der Waals surface area contributed by atoms with Gasteiger partial charge in [0.15, 0.2) is 0 Å². The molecule has 116 valence electrons. The molecule has 0 aromatic heterocycles. The van der Waals surface area contributed by atoms with E-state index in [9.17, 15) is 4.79 Å². The molecule has 1 saturated heterocycles. The van der Waals surface area contributed by atoms with Crippen LogP contribution < -0.4 is 10.2 Å². The molecule has 0 aliphatic carbocycles. The Balaban J connectivity index is 1.74. The van der Waals surface area contributed by atoms with Crippen molar-refractivity contribution in [2.45, 2.75) is 19.8 Å². The summed E-state index contributed by atoms with van der Waals surface area (Å²) in [6.45, 7) is 7.11. The Morgan fingerprint density at radius 1 is 1.29 bits per heavy atom. The zero-order valence-electron chi connectivity index (χ0n) is 12.6. The van der Waals surface area contributed by atoms with Crippen molar-refractivity contribution in [2.24, 2.45) is 0 Å². The second kappa shape index (κ2) is 8.25. The lowest BCUT2D eigenvalue weighted by molar-refractivity contribution is -0.122. The van der Waals surface area contributed by atoms with Crippen molar-refractivity contribution in [3.63, 3.8) is 0 Å². The van der Waals surface area contributed by atoms with Gasteiger partial charge in [0, 0.05) is 43.4 Å². The van der Waals surface area contributed by atoms with Crippen LogP contribution in [0.25, 0.3) is 0 Å². The number of rotatable bonds is 6. The van der Waals surface area contributed by atoms with Gasteiger partial charge in [0.05, 0.1) is 6.54 Å². The molecule has 0 saturated carbocycles. The fraction of sp³-hybridized carbons (Fsp3) is 0.562. The van der Waals surface area contributed by atoms with Crippen molar-refractivity contribution in [1.82, 2.24) is 10.2 Å². The fourth-order valence-corrected chi connectivity index (χ4v) is 2.69.